The van der Waals surface area contributed by atoms with E-state index in [9.17, 15) is 4.79 Å². The van der Waals surface area contributed by atoms with E-state index >= 15 is 0 Å². The van der Waals surface area contributed by atoms with Gasteiger partial charge in [-0.1, -0.05) is 74.2 Å². The molecule has 0 radical (unpaired) electrons. The second-order valence-corrected chi connectivity index (χ2v) is 11.2. The normalized spacial score (nSPS) is 14.8. The molecule has 0 atom stereocenters. The molecule has 3 aromatic rings. The molecule has 0 fully saturated rings. The van der Waals surface area contributed by atoms with E-state index in [1.54, 1.807) is 20.7 Å². The molecule has 0 spiro atoms. The number of para-hydroxylation sites is 1. The first kappa shape index (κ1) is 18.1. The number of fused-ring (bicyclic) bond motifs is 3. The molecule has 0 bridgehead atoms. The Morgan fingerprint density at radius 3 is 2.81 bits per heavy atom. The van der Waals surface area contributed by atoms with Crippen molar-refractivity contribution in [1.29, 1.82) is 0 Å². The first-order valence-electron chi connectivity index (χ1n) is 7.67. The van der Waals surface area contributed by atoms with E-state index in [2.05, 4.69) is 24.0 Å². The molecule has 1 aliphatic heterocycles. The second-order valence-electron chi connectivity index (χ2n) is 6.16. The summed E-state index contributed by atoms with van der Waals surface area (Å²) in [4.78, 5) is 16.2. The SMILES string of the molecule is CC1(C)c2ssc(=S)c2-c2ccccc2N1C(=O)CSc1nnc(N)s1. The van der Waals surface area contributed by atoms with Crippen LogP contribution in [0.3, 0.4) is 0 Å². The van der Waals surface area contributed by atoms with Gasteiger partial charge in [0.15, 0.2) is 4.34 Å². The van der Waals surface area contributed by atoms with E-state index < -0.39 is 5.54 Å². The van der Waals surface area contributed by atoms with Gasteiger partial charge in [0.05, 0.1) is 21.9 Å². The summed E-state index contributed by atoms with van der Waals surface area (Å²) in [5.41, 5.74) is 8.20. The molecular formula is C16H14N4OS5. The van der Waals surface area contributed by atoms with E-state index in [1.165, 1.54) is 23.1 Å². The Morgan fingerprint density at radius 1 is 1.31 bits per heavy atom. The molecule has 0 unspecified atom stereocenters. The summed E-state index contributed by atoms with van der Waals surface area (Å²) < 4.78 is 1.59. The van der Waals surface area contributed by atoms with Crippen LogP contribution in [0.4, 0.5) is 10.8 Å². The highest BCUT2D eigenvalue weighted by Crippen LogP contribution is 2.52. The molecule has 1 aromatic carbocycles. The van der Waals surface area contributed by atoms with Gasteiger partial charge in [0.25, 0.3) is 0 Å². The summed E-state index contributed by atoms with van der Waals surface area (Å²) in [5, 5.41) is 8.18. The number of aromatic nitrogens is 2. The van der Waals surface area contributed by atoms with Crippen LogP contribution in [0.5, 0.6) is 0 Å². The van der Waals surface area contributed by atoms with Crippen LogP contribution in [0, 0.1) is 3.82 Å². The molecule has 4 rings (SSSR count). The number of hydrogen-bond donors (Lipinski definition) is 1. The van der Waals surface area contributed by atoms with Crippen LogP contribution < -0.4 is 10.6 Å². The third-order valence-corrected chi connectivity index (χ3v) is 9.35. The first-order valence-corrected chi connectivity index (χ1v) is 12.0. The number of nitrogens with two attached hydrogens (primary N) is 1. The van der Waals surface area contributed by atoms with Gasteiger partial charge in [-0.05, 0) is 19.9 Å². The monoisotopic (exact) mass is 438 g/mol. The minimum absolute atomic E-state index is 0.0242. The van der Waals surface area contributed by atoms with Crippen LogP contribution in [-0.2, 0) is 10.3 Å². The Hall–Kier alpha value is -1.33. The first-order chi connectivity index (χ1) is 12.4. The minimum Gasteiger partial charge on any atom is -0.374 e. The molecular weight excluding hydrogens is 425 g/mol. The Morgan fingerprint density at radius 2 is 2.08 bits per heavy atom. The summed E-state index contributed by atoms with van der Waals surface area (Å²) in [6.45, 7) is 4.15. The van der Waals surface area contributed by atoms with Crippen molar-refractivity contribution in [3.8, 4) is 11.1 Å². The largest absolute Gasteiger partial charge is 0.374 e. The van der Waals surface area contributed by atoms with Gasteiger partial charge in [-0.15, -0.1) is 10.2 Å². The summed E-state index contributed by atoms with van der Waals surface area (Å²) in [6, 6.07) is 7.97. The highest BCUT2D eigenvalue weighted by molar-refractivity contribution is 8.01. The van der Waals surface area contributed by atoms with Crippen molar-refractivity contribution in [2.24, 2.45) is 0 Å². The van der Waals surface area contributed by atoms with Crippen LogP contribution in [0.25, 0.3) is 11.1 Å². The van der Waals surface area contributed by atoms with E-state index in [0.29, 0.717) is 9.47 Å². The van der Waals surface area contributed by atoms with Crippen molar-refractivity contribution in [1.82, 2.24) is 10.2 Å². The molecule has 0 saturated heterocycles. The number of benzene rings is 1. The van der Waals surface area contributed by atoms with Crippen molar-refractivity contribution in [2.45, 2.75) is 23.7 Å². The number of nitrogens with zero attached hydrogens (tertiary/aromatic N) is 3. The van der Waals surface area contributed by atoms with Gasteiger partial charge < -0.3 is 10.6 Å². The molecule has 1 aliphatic rings. The lowest BCUT2D eigenvalue weighted by atomic mass is 9.87. The average Bonchev–Trinajstić information content (AvgIpc) is 3.19. The number of nitrogen functional groups attached to an aromatic ring is 1. The lowest BCUT2D eigenvalue weighted by molar-refractivity contribution is -0.117. The van der Waals surface area contributed by atoms with Gasteiger partial charge in [-0.3, -0.25) is 4.79 Å². The minimum atomic E-state index is -0.459. The fourth-order valence-corrected chi connectivity index (χ4v) is 7.86. The predicted molar refractivity (Wildman–Crippen MR) is 114 cm³/mol. The lowest BCUT2D eigenvalue weighted by Crippen LogP contribution is -2.48. The topological polar surface area (TPSA) is 72.1 Å². The van der Waals surface area contributed by atoms with E-state index in [0.717, 1.165) is 25.5 Å². The average molecular weight is 439 g/mol. The standard InChI is InChI=1S/C16H14N4OS5/c1-16(2)12-11(13(22)26-25-12)8-5-3-4-6-9(8)20(16)10(21)7-23-15-19-18-14(17)24-15/h3-6H,7H2,1-2H3,(H2,17,18). The maximum absolute atomic E-state index is 13.2. The van der Waals surface area contributed by atoms with Crippen LogP contribution in [0.1, 0.15) is 18.7 Å². The highest BCUT2D eigenvalue weighted by Gasteiger charge is 2.42. The van der Waals surface area contributed by atoms with E-state index in [-0.39, 0.29) is 11.7 Å². The zero-order valence-corrected chi connectivity index (χ0v) is 18.0. The third kappa shape index (κ3) is 2.89. The molecule has 2 N–H and O–H groups in total. The molecule has 1 amide bonds. The quantitative estimate of drug-likeness (QED) is 0.352. The fourth-order valence-electron chi connectivity index (χ4n) is 3.09. The number of anilines is 2. The predicted octanol–water partition coefficient (Wildman–Crippen LogP) is 5.01. The fraction of sp³-hybridized carbons (Fsp3) is 0.250. The Balaban J connectivity index is 1.73. The number of rotatable bonds is 3. The van der Waals surface area contributed by atoms with Gasteiger partial charge in [-0.25, -0.2) is 0 Å². The van der Waals surface area contributed by atoms with Gasteiger partial charge >= 0.3 is 0 Å². The van der Waals surface area contributed by atoms with Crippen molar-refractivity contribution in [3.05, 3.63) is 33.0 Å². The summed E-state index contributed by atoms with van der Waals surface area (Å²) in [7, 11) is 3.26. The number of amides is 1. The molecule has 134 valence electrons. The highest BCUT2D eigenvalue weighted by atomic mass is 32.9. The van der Waals surface area contributed by atoms with E-state index in [1.807, 2.05) is 29.2 Å². The van der Waals surface area contributed by atoms with Gasteiger partial charge in [0.1, 0.15) is 3.82 Å². The number of hydrogen-bond acceptors (Lipinski definition) is 9. The zero-order chi connectivity index (χ0) is 18.5. The molecule has 0 aliphatic carbocycles. The third-order valence-electron chi connectivity index (χ3n) is 4.15. The molecule has 26 heavy (non-hydrogen) atoms. The summed E-state index contributed by atoms with van der Waals surface area (Å²) in [5.74, 6) is 0.299. The Kier molecular flexibility index (Phi) is 4.64. The van der Waals surface area contributed by atoms with Crippen LogP contribution >= 0.6 is 56.0 Å². The number of thioether (sulfide) groups is 1. The van der Waals surface area contributed by atoms with E-state index in [4.69, 9.17) is 18.0 Å². The second kappa shape index (κ2) is 6.68. The number of carbonyl (C=O) groups excluding carboxylic acids is 1. The maximum Gasteiger partial charge on any atom is 0.238 e. The molecule has 5 nitrogen and oxygen atoms in total. The van der Waals surface area contributed by atoms with Crippen LogP contribution in [0.2, 0.25) is 0 Å². The van der Waals surface area contributed by atoms with Crippen LogP contribution in [-0.4, -0.2) is 21.9 Å². The van der Waals surface area contributed by atoms with Crippen molar-refractivity contribution < 1.29 is 4.79 Å². The van der Waals surface area contributed by atoms with Crippen molar-refractivity contribution in [3.63, 3.8) is 0 Å². The van der Waals surface area contributed by atoms with Gasteiger partial charge in [0.2, 0.25) is 11.0 Å². The zero-order valence-electron chi connectivity index (χ0n) is 13.9. The molecule has 3 heterocycles. The molecule has 2 aromatic heterocycles. The van der Waals surface area contributed by atoms with Crippen LogP contribution in [0.15, 0.2) is 28.6 Å². The van der Waals surface area contributed by atoms with Crippen molar-refractivity contribution in [2.75, 3.05) is 16.4 Å². The smallest absolute Gasteiger partial charge is 0.238 e. The molecule has 0 saturated carbocycles. The lowest BCUT2D eigenvalue weighted by Gasteiger charge is -2.42. The van der Waals surface area contributed by atoms with Gasteiger partial charge in [-0.2, -0.15) is 0 Å². The number of carbonyl (C=O) groups is 1. The Bertz CT molecular complexity index is 1050. The maximum atomic E-state index is 13.2. The molecule has 10 heteroatoms. The van der Waals surface area contributed by atoms with Crippen molar-refractivity contribution >= 4 is 72.7 Å². The Labute approximate surface area is 171 Å². The summed E-state index contributed by atoms with van der Waals surface area (Å²) in [6.07, 6.45) is 0. The summed E-state index contributed by atoms with van der Waals surface area (Å²) >= 11 is 8.22. The van der Waals surface area contributed by atoms with Gasteiger partial charge in [0, 0.05) is 11.1 Å².